The second-order valence-corrected chi connectivity index (χ2v) is 7.52. The number of amides is 1. The molecule has 1 amide bonds. The zero-order valence-electron chi connectivity index (χ0n) is 14.2. The van der Waals surface area contributed by atoms with E-state index in [9.17, 15) is 9.59 Å². The van der Waals surface area contributed by atoms with Gasteiger partial charge in [0.05, 0.1) is 5.56 Å². The number of halogens is 1. The number of nitrogens with zero attached hydrogens (tertiary/aromatic N) is 2. The zero-order chi connectivity index (χ0) is 17.3. The molecule has 130 valence electrons. The highest BCUT2D eigenvalue weighted by molar-refractivity contribution is 6.30. The lowest BCUT2D eigenvalue weighted by Crippen LogP contribution is -2.44. The first-order valence-corrected chi connectivity index (χ1v) is 8.86. The van der Waals surface area contributed by atoms with Crippen molar-refractivity contribution in [3.63, 3.8) is 0 Å². The highest BCUT2D eigenvalue weighted by atomic mass is 35.5. The third kappa shape index (κ3) is 3.73. The summed E-state index contributed by atoms with van der Waals surface area (Å²) >= 11 is 5.86. The number of aromatic amines is 1. The third-order valence-electron chi connectivity index (χ3n) is 4.95. The van der Waals surface area contributed by atoms with E-state index in [-0.39, 0.29) is 16.5 Å². The number of hydrogen-bond acceptors (Lipinski definition) is 3. The molecule has 3 saturated heterocycles. The lowest BCUT2D eigenvalue weighted by Gasteiger charge is -2.35. The van der Waals surface area contributed by atoms with Gasteiger partial charge in [0.25, 0.3) is 11.5 Å². The summed E-state index contributed by atoms with van der Waals surface area (Å²) in [4.78, 5) is 31.2. The topological polar surface area (TPSA) is 56.4 Å². The van der Waals surface area contributed by atoms with Crippen LogP contribution in [0.1, 0.15) is 37.0 Å². The fourth-order valence-electron chi connectivity index (χ4n) is 3.63. The third-order valence-corrected chi connectivity index (χ3v) is 5.23. The van der Waals surface area contributed by atoms with E-state index >= 15 is 0 Å². The molecule has 4 heterocycles. The smallest absolute Gasteiger partial charge is 0.266 e. The minimum Gasteiger partial charge on any atom is -0.337 e. The molecule has 1 aromatic heterocycles. The van der Waals surface area contributed by atoms with Crippen LogP contribution in [0, 0.1) is 5.92 Å². The summed E-state index contributed by atoms with van der Waals surface area (Å²) in [7, 11) is 0. The van der Waals surface area contributed by atoms with E-state index in [1.807, 2.05) is 4.90 Å². The Kier molecular flexibility index (Phi) is 5.11. The van der Waals surface area contributed by atoms with Crippen molar-refractivity contribution < 1.29 is 4.79 Å². The van der Waals surface area contributed by atoms with Gasteiger partial charge in [-0.05, 0) is 38.7 Å². The Hall–Kier alpha value is -1.59. The first kappa shape index (κ1) is 17.2. The number of pyridine rings is 1. The fourth-order valence-corrected chi connectivity index (χ4v) is 3.80. The van der Waals surface area contributed by atoms with E-state index in [1.54, 1.807) is 0 Å². The normalized spacial score (nSPS) is 23.9. The molecule has 0 unspecified atom stereocenters. The molecule has 3 aliphatic rings. The van der Waals surface area contributed by atoms with E-state index in [1.165, 1.54) is 24.3 Å². The van der Waals surface area contributed by atoms with Crippen molar-refractivity contribution in [2.24, 2.45) is 5.92 Å². The number of rotatable bonds is 3. The molecule has 3 fully saturated rings. The molecule has 6 heteroatoms. The summed E-state index contributed by atoms with van der Waals surface area (Å²) in [6.07, 6.45) is 6.03. The van der Waals surface area contributed by atoms with Gasteiger partial charge in [0, 0.05) is 38.4 Å². The molecule has 1 aromatic rings. The summed E-state index contributed by atoms with van der Waals surface area (Å²) in [5, 5.41) is 0.0591. The molecule has 0 radical (unpaired) electrons. The van der Waals surface area contributed by atoms with Gasteiger partial charge < -0.3 is 9.88 Å². The van der Waals surface area contributed by atoms with Crippen LogP contribution >= 0.6 is 11.6 Å². The van der Waals surface area contributed by atoms with Crippen molar-refractivity contribution in [3.8, 4) is 0 Å². The quantitative estimate of drug-likeness (QED) is 0.853. The average Bonchev–Trinajstić information content (AvgIpc) is 2.86. The monoisotopic (exact) mass is 349 g/mol. The van der Waals surface area contributed by atoms with Gasteiger partial charge >= 0.3 is 0 Å². The minimum atomic E-state index is -0.364. The van der Waals surface area contributed by atoms with Crippen molar-refractivity contribution >= 4 is 17.5 Å². The number of carbonyl (C=O) groups excluding carboxylic acids is 1. The van der Waals surface area contributed by atoms with Gasteiger partial charge in [-0.3, -0.25) is 14.5 Å². The molecular formula is C18H24ClN3O2. The van der Waals surface area contributed by atoms with Crippen LogP contribution in [-0.4, -0.2) is 52.9 Å². The van der Waals surface area contributed by atoms with Crippen LogP contribution in [0.2, 0.25) is 5.02 Å². The lowest BCUT2D eigenvalue weighted by atomic mass is 9.95. The number of fused-ring (bicyclic) bond motifs is 4. The van der Waals surface area contributed by atoms with Gasteiger partial charge in [-0.1, -0.05) is 23.3 Å². The highest BCUT2D eigenvalue weighted by Crippen LogP contribution is 2.28. The molecule has 0 saturated carbocycles. The Balaban J connectivity index is 1.76. The van der Waals surface area contributed by atoms with Gasteiger partial charge in [0.2, 0.25) is 0 Å². The van der Waals surface area contributed by atoms with Crippen molar-refractivity contribution in [1.82, 2.24) is 14.8 Å². The van der Waals surface area contributed by atoms with Crippen LogP contribution in [0.4, 0.5) is 0 Å². The number of piperidine rings is 1. The second-order valence-electron chi connectivity index (χ2n) is 7.11. The van der Waals surface area contributed by atoms with Gasteiger partial charge in [-0.25, -0.2) is 0 Å². The Morgan fingerprint density at radius 1 is 1.33 bits per heavy atom. The van der Waals surface area contributed by atoms with Gasteiger partial charge in [0.15, 0.2) is 0 Å². The maximum Gasteiger partial charge on any atom is 0.266 e. The SMILES string of the molecule is CC(C)=CCN1C[C@@H]2CC[C@H]1CN(C(=O)c1c[nH]c(=O)c(Cl)c1)C2. The number of hydrogen-bond donors (Lipinski definition) is 1. The fraction of sp³-hybridized carbons (Fsp3) is 0.556. The molecule has 4 rings (SSSR count). The highest BCUT2D eigenvalue weighted by Gasteiger charge is 2.36. The molecule has 0 aromatic carbocycles. The number of H-pyrrole nitrogens is 1. The molecular weight excluding hydrogens is 326 g/mol. The van der Waals surface area contributed by atoms with Crippen LogP contribution in [0.25, 0.3) is 0 Å². The van der Waals surface area contributed by atoms with Crippen molar-refractivity contribution in [2.75, 3.05) is 26.2 Å². The van der Waals surface area contributed by atoms with Crippen LogP contribution < -0.4 is 5.56 Å². The Morgan fingerprint density at radius 3 is 2.83 bits per heavy atom. The summed E-state index contributed by atoms with van der Waals surface area (Å²) in [6, 6.07) is 1.87. The molecule has 0 spiro atoms. The molecule has 24 heavy (non-hydrogen) atoms. The number of allylic oxidation sites excluding steroid dienone is 1. The Morgan fingerprint density at radius 2 is 2.12 bits per heavy atom. The average molecular weight is 350 g/mol. The van der Waals surface area contributed by atoms with E-state index in [0.29, 0.717) is 17.5 Å². The molecule has 5 nitrogen and oxygen atoms in total. The molecule has 2 bridgehead atoms. The van der Waals surface area contributed by atoms with E-state index in [4.69, 9.17) is 11.6 Å². The van der Waals surface area contributed by atoms with Gasteiger partial charge in [-0.2, -0.15) is 0 Å². The second kappa shape index (κ2) is 7.11. The largest absolute Gasteiger partial charge is 0.337 e. The summed E-state index contributed by atoms with van der Waals surface area (Å²) in [6.45, 7) is 7.75. The summed E-state index contributed by atoms with van der Waals surface area (Å²) in [5.74, 6) is 0.464. The van der Waals surface area contributed by atoms with Gasteiger partial charge in [0.1, 0.15) is 5.02 Å². The lowest BCUT2D eigenvalue weighted by molar-refractivity contribution is 0.0740. The number of carbonyl (C=O) groups is 1. The molecule has 2 atom stereocenters. The Labute approximate surface area is 147 Å². The van der Waals surface area contributed by atoms with Crippen LogP contribution in [-0.2, 0) is 0 Å². The van der Waals surface area contributed by atoms with Crippen LogP contribution in [0.3, 0.4) is 0 Å². The van der Waals surface area contributed by atoms with Crippen LogP contribution in [0.5, 0.6) is 0 Å². The summed E-state index contributed by atoms with van der Waals surface area (Å²) in [5.41, 5.74) is 1.42. The summed E-state index contributed by atoms with van der Waals surface area (Å²) < 4.78 is 0. The molecule has 0 aliphatic carbocycles. The van der Waals surface area contributed by atoms with E-state index in [2.05, 4.69) is 29.8 Å². The molecule has 1 N–H and O–H groups in total. The number of nitrogens with one attached hydrogen (secondary N) is 1. The van der Waals surface area contributed by atoms with Crippen LogP contribution in [0.15, 0.2) is 28.7 Å². The van der Waals surface area contributed by atoms with Gasteiger partial charge in [-0.15, -0.1) is 0 Å². The van der Waals surface area contributed by atoms with Crippen molar-refractivity contribution in [2.45, 2.75) is 32.7 Å². The first-order chi connectivity index (χ1) is 11.4. The maximum atomic E-state index is 12.8. The van der Waals surface area contributed by atoms with Crippen molar-refractivity contribution in [1.29, 1.82) is 0 Å². The van der Waals surface area contributed by atoms with E-state index in [0.717, 1.165) is 32.6 Å². The maximum absolute atomic E-state index is 12.8. The minimum absolute atomic E-state index is 0.0471. The first-order valence-electron chi connectivity index (χ1n) is 8.49. The predicted molar refractivity (Wildman–Crippen MR) is 95.5 cm³/mol. The number of aromatic nitrogens is 1. The zero-order valence-corrected chi connectivity index (χ0v) is 15.0. The standard InChI is InChI=1S/C18H24ClN3O2/c1-12(2)5-6-21-9-13-3-4-15(21)11-22(10-13)18(24)14-7-16(19)17(23)20-8-14/h5,7-8,13,15H,3-4,6,9-11H2,1-2H3,(H,20,23)/t13-,15-/m0/s1. The van der Waals surface area contributed by atoms with E-state index < -0.39 is 0 Å². The predicted octanol–water partition coefficient (Wildman–Crippen LogP) is 2.53. The Bertz CT molecular complexity index is 708. The van der Waals surface area contributed by atoms with Crippen molar-refractivity contribution in [3.05, 3.63) is 44.9 Å². The molecule has 3 aliphatic heterocycles.